The van der Waals surface area contributed by atoms with E-state index in [1.165, 1.54) is 5.56 Å². The van der Waals surface area contributed by atoms with Crippen molar-refractivity contribution in [2.75, 3.05) is 13.2 Å². The second-order valence-electron chi connectivity index (χ2n) is 5.49. The van der Waals surface area contributed by atoms with Gasteiger partial charge in [0.2, 0.25) is 0 Å². The molecule has 1 aromatic rings. The molecule has 1 aliphatic rings. The molecular formula is C16H23NO2. The third kappa shape index (κ3) is 2.86. The summed E-state index contributed by atoms with van der Waals surface area (Å²) in [5, 5.41) is 3.44. The summed E-state index contributed by atoms with van der Waals surface area (Å²) in [5.41, 5.74) is 3.38. The number of fused-ring (bicyclic) bond motifs is 1. The normalized spacial score (nSPS) is 16.5. The van der Waals surface area contributed by atoms with Crippen molar-refractivity contribution in [1.29, 1.82) is 0 Å². The average molecular weight is 261 g/mol. The average Bonchev–Trinajstić information content (AvgIpc) is 2.30. The highest BCUT2D eigenvalue weighted by Gasteiger charge is 2.28. The van der Waals surface area contributed by atoms with E-state index in [0.29, 0.717) is 13.2 Å². The first-order chi connectivity index (χ1) is 8.96. The van der Waals surface area contributed by atoms with Crippen LogP contribution in [0.2, 0.25) is 0 Å². The highest BCUT2D eigenvalue weighted by molar-refractivity contribution is 5.71. The maximum absolute atomic E-state index is 5.68. The Hall–Kier alpha value is -1.64. The van der Waals surface area contributed by atoms with Crippen LogP contribution in [0, 0.1) is 0 Å². The van der Waals surface area contributed by atoms with Gasteiger partial charge >= 0.3 is 0 Å². The zero-order chi connectivity index (χ0) is 14.0. The van der Waals surface area contributed by atoms with Crippen LogP contribution in [-0.4, -0.2) is 18.8 Å². The summed E-state index contributed by atoms with van der Waals surface area (Å²) in [6.45, 7) is 13.7. The van der Waals surface area contributed by atoms with E-state index in [1.54, 1.807) is 0 Å². The van der Waals surface area contributed by atoms with Crippen molar-refractivity contribution in [3.63, 3.8) is 0 Å². The molecule has 0 atom stereocenters. The second kappa shape index (κ2) is 5.16. The van der Waals surface area contributed by atoms with Gasteiger partial charge in [0, 0.05) is 16.8 Å². The summed E-state index contributed by atoms with van der Waals surface area (Å²) >= 11 is 0. The van der Waals surface area contributed by atoms with Crippen molar-refractivity contribution >= 4 is 5.70 Å². The van der Waals surface area contributed by atoms with Gasteiger partial charge in [-0.2, -0.15) is 0 Å². The Bertz CT molecular complexity index is 492. The van der Waals surface area contributed by atoms with Gasteiger partial charge in [0.15, 0.2) is 11.5 Å². The summed E-state index contributed by atoms with van der Waals surface area (Å²) < 4.78 is 11.3. The topological polar surface area (TPSA) is 30.5 Å². The molecule has 1 aliphatic heterocycles. The number of nitrogens with one attached hydrogen (secondary N) is 1. The minimum Gasteiger partial charge on any atom is -0.490 e. The van der Waals surface area contributed by atoms with Crippen molar-refractivity contribution in [2.45, 2.75) is 39.7 Å². The lowest BCUT2D eigenvalue weighted by molar-refractivity contribution is 0.286. The molecule has 3 nitrogen and oxygen atoms in total. The van der Waals surface area contributed by atoms with Gasteiger partial charge in [0.1, 0.15) is 0 Å². The van der Waals surface area contributed by atoms with Crippen LogP contribution in [0.25, 0.3) is 5.70 Å². The first-order valence-corrected chi connectivity index (χ1v) is 6.87. The molecule has 0 saturated heterocycles. The first kappa shape index (κ1) is 13.8. The number of benzene rings is 1. The number of ether oxygens (including phenoxy) is 2. The van der Waals surface area contributed by atoms with E-state index in [1.807, 2.05) is 19.9 Å². The summed E-state index contributed by atoms with van der Waals surface area (Å²) in [5.74, 6) is 1.62. The molecule has 19 heavy (non-hydrogen) atoms. The van der Waals surface area contributed by atoms with Crippen LogP contribution in [0.3, 0.4) is 0 Å². The van der Waals surface area contributed by atoms with Gasteiger partial charge in [-0.25, -0.2) is 0 Å². The van der Waals surface area contributed by atoms with Crippen molar-refractivity contribution in [2.24, 2.45) is 0 Å². The lowest BCUT2D eigenvalue weighted by Crippen LogP contribution is -2.43. The molecule has 1 aromatic carbocycles. The molecule has 0 unspecified atom stereocenters. The number of hydrogen-bond acceptors (Lipinski definition) is 3. The molecule has 0 bridgehead atoms. The standard InChI is InChI=1S/C16H23NO2/c1-6-18-14-8-12-10-16(4,5)17-11(3)13(12)9-15(14)19-7-2/h8-9,17H,3,6-7,10H2,1-2,4-5H3. The molecule has 3 heteroatoms. The zero-order valence-corrected chi connectivity index (χ0v) is 12.3. The molecule has 0 amide bonds. The van der Waals surface area contributed by atoms with E-state index < -0.39 is 0 Å². The lowest BCUT2D eigenvalue weighted by atomic mass is 9.86. The van der Waals surface area contributed by atoms with Gasteiger partial charge in [-0.05, 0) is 51.8 Å². The molecule has 0 aliphatic carbocycles. The lowest BCUT2D eigenvalue weighted by Gasteiger charge is -2.35. The van der Waals surface area contributed by atoms with E-state index in [0.717, 1.165) is 29.2 Å². The van der Waals surface area contributed by atoms with E-state index in [4.69, 9.17) is 9.47 Å². The molecule has 0 fully saturated rings. The van der Waals surface area contributed by atoms with E-state index >= 15 is 0 Å². The summed E-state index contributed by atoms with van der Waals surface area (Å²) in [6, 6.07) is 4.13. The molecule has 2 rings (SSSR count). The predicted octanol–water partition coefficient (Wildman–Crippen LogP) is 3.38. The van der Waals surface area contributed by atoms with Gasteiger partial charge in [0.05, 0.1) is 13.2 Å². The SMILES string of the molecule is C=C1NC(C)(C)Cc2cc(OCC)c(OCC)cc21. The summed E-state index contributed by atoms with van der Waals surface area (Å²) in [6.07, 6.45) is 0.952. The second-order valence-corrected chi connectivity index (χ2v) is 5.49. The van der Waals surface area contributed by atoms with Crippen LogP contribution in [0.5, 0.6) is 11.5 Å². The van der Waals surface area contributed by atoms with Crippen LogP contribution in [-0.2, 0) is 6.42 Å². The molecule has 0 saturated carbocycles. The molecule has 1 heterocycles. The maximum Gasteiger partial charge on any atom is 0.161 e. The van der Waals surface area contributed by atoms with Crippen LogP contribution in [0.1, 0.15) is 38.8 Å². The summed E-state index contributed by atoms with van der Waals surface area (Å²) in [4.78, 5) is 0. The predicted molar refractivity (Wildman–Crippen MR) is 78.7 cm³/mol. The fourth-order valence-corrected chi connectivity index (χ4v) is 2.56. The Morgan fingerprint density at radius 1 is 1.16 bits per heavy atom. The molecule has 0 aromatic heterocycles. The molecular weight excluding hydrogens is 238 g/mol. The monoisotopic (exact) mass is 261 g/mol. The van der Waals surface area contributed by atoms with Gasteiger partial charge in [-0.15, -0.1) is 0 Å². The van der Waals surface area contributed by atoms with Gasteiger partial charge in [-0.1, -0.05) is 6.58 Å². The van der Waals surface area contributed by atoms with Crippen LogP contribution < -0.4 is 14.8 Å². The van der Waals surface area contributed by atoms with E-state index in [9.17, 15) is 0 Å². The van der Waals surface area contributed by atoms with Crippen LogP contribution in [0.4, 0.5) is 0 Å². The van der Waals surface area contributed by atoms with Crippen molar-refractivity contribution in [3.05, 3.63) is 29.8 Å². The smallest absolute Gasteiger partial charge is 0.161 e. The fourth-order valence-electron chi connectivity index (χ4n) is 2.56. The minimum atomic E-state index is 0.0285. The molecule has 0 radical (unpaired) electrons. The van der Waals surface area contributed by atoms with E-state index in [-0.39, 0.29) is 5.54 Å². The number of rotatable bonds is 4. The third-order valence-electron chi connectivity index (χ3n) is 3.22. The maximum atomic E-state index is 5.68. The fraction of sp³-hybridized carbons (Fsp3) is 0.500. The highest BCUT2D eigenvalue weighted by Crippen LogP contribution is 2.37. The number of hydrogen-bond donors (Lipinski definition) is 1. The Labute approximate surface area is 115 Å². The zero-order valence-electron chi connectivity index (χ0n) is 12.3. The van der Waals surface area contributed by atoms with Gasteiger partial charge in [0.25, 0.3) is 0 Å². The Kier molecular flexibility index (Phi) is 3.74. The third-order valence-corrected chi connectivity index (χ3v) is 3.22. The Morgan fingerprint density at radius 3 is 2.32 bits per heavy atom. The first-order valence-electron chi connectivity index (χ1n) is 6.87. The van der Waals surface area contributed by atoms with Crippen LogP contribution in [0.15, 0.2) is 18.7 Å². The highest BCUT2D eigenvalue weighted by atomic mass is 16.5. The van der Waals surface area contributed by atoms with E-state index in [2.05, 4.69) is 31.8 Å². The molecule has 104 valence electrons. The van der Waals surface area contributed by atoms with Gasteiger partial charge in [-0.3, -0.25) is 0 Å². The van der Waals surface area contributed by atoms with Crippen molar-refractivity contribution in [3.8, 4) is 11.5 Å². The van der Waals surface area contributed by atoms with Gasteiger partial charge < -0.3 is 14.8 Å². The van der Waals surface area contributed by atoms with Crippen molar-refractivity contribution < 1.29 is 9.47 Å². The van der Waals surface area contributed by atoms with Crippen LogP contribution >= 0.6 is 0 Å². The van der Waals surface area contributed by atoms with Crippen molar-refractivity contribution in [1.82, 2.24) is 5.32 Å². The molecule has 1 N–H and O–H groups in total. The quantitative estimate of drug-likeness (QED) is 0.901. The Morgan fingerprint density at radius 2 is 1.74 bits per heavy atom. The molecule has 0 spiro atoms. The minimum absolute atomic E-state index is 0.0285. The summed E-state index contributed by atoms with van der Waals surface area (Å²) in [7, 11) is 0. The largest absolute Gasteiger partial charge is 0.490 e. The Balaban J connectivity index is 2.46.